The molecule has 82 heavy (non-hydrogen) atoms. The number of carbonyl (C=O) groups excluding carboxylic acids is 1. The minimum absolute atomic E-state index is 0.00736. The van der Waals surface area contributed by atoms with Crippen molar-refractivity contribution in [1.29, 1.82) is 0 Å². The van der Waals surface area contributed by atoms with Gasteiger partial charge in [0.05, 0.1) is 6.61 Å². The van der Waals surface area contributed by atoms with Crippen molar-refractivity contribution in [3.63, 3.8) is 0 Å². The molecule has 2 fully saturated rings. The van der Waals surface area contributed by atoms with E-state index in [2.05, 4.69) is 69.2 Å². The number of pyridine rings is 4. The van der Waals surface area contributed by atoms with Gasteiger partial charge in [0.1, 0.15) is 48.9 Å². The van der Waals surface area contributed by atoms with Crippen LogP contribution in [-0.2, 0) is 49.6 Å². The van der Waals surface area contributed by atoms with E-state index in [0.29, 0.717) is 84.8 Å². The summed E-state index contributed by atoms with van der Waals surface area (Å²) in [4.78, 5) is 48.0. The Kier molecular flexibility index (Phi) is 19.5. The Hall–Kier alpha value is -6.65. The first kappa shape index (κ1) is 62.9. The standard InChI is InChI=1S/C29H36F4N4O4Si.C27H32F4N4O4Si/c1-6-40-27(38)28(8-7-9-28)17-41-24-12-19(2)21(15-34-24)20-13-22(30)25(35-14-20)26-36-23(29(31,32)33)16-37(26)18-39-10-11-42(3,4)5;1-17-10-22(39-15-26(25(36)37)6-5-7-26)32-13-19(17)18-11-20(28)23(33-12-18)24-34-21(27(29,30)31)14-35(24)16-38-8-9-40(2,3)4/h12-16H,6-11,17-18H2,1-5H3;10-14H,5-9,15-16H2,1-4H3,(H,36,37). The number of hydrogen-bond donors (Lipinski definition) is 1. The molecule has 6 aromatic heterocycles. The van der Waals surface area contributed by atoms with Crippen LogP contribution in [0, 0.1) is 36.3 Å². The largest absolute Gasteiger partial charge is 0.481 e. The second-order valence-corrected chi connectivity index (χ2v) is 34.4. The number of ether oxygens (including phenoxy) is 5. The molecule has 444 valence electrons. The molecular weight excluding hydrogens is 1120 g/mol. The van der Waals surface area contributed by atoms with Crippen LogP contribution in [0.1, 0.15) is 68.0 Å². The lowest BCUT2D eigenvalue weighted by Crippen LogP contribution is -2.44. The van der Waals surface area contributed by atoms with Crippen molar-refractivity contribution in [3.05, 3.63) is 95.6 Å². The number of nitrogens with zero attached hydrogens (tertiary/aromatic N) is 8. The summed E-state index contributed by atoms with van der Waals surface area (Å²) in [6, 6.07) is 7.30. The highest BCUT2D eigenvalue weighted by Gasteiger charge is 2.47. The average molecular weight is 1190 g/mol. The lowest BCUT2D eigenvalue weighted by Gasteiger charge is -2.38. The van der Waals surface area contributed by atoms with Crippen molar-refractivity contribution in [2.75, 3.05) is 33.0 Å². The summed E-state index contributed by atoms with van der Waals surface area (Å²) in [5, 5.41) is 9.47. The number of carboxylic acids is 1. The number of rotatable bonds is 23. The zero-order chi connectivity index (χ0) is 60.0. The van der Waals surface area contributed by atoms with Gasteiger partial charge < -0.3 is 37.9 Å². The van der Waals surface area contributed by atoms with Crippen molar-refractivity contribution in [1.82, 2.24) is 39.0 Å². The van der Waals surface area contributed by atoms with Crippen molar-refractivity contribution >= 4 is 28.1 Å². The third-order valence-electron chi connectivity index (χ3n) is 14.3. The third-order valence-corrected chi connectivity index (χ3v) is 17.7. The number of carbonyl (C=O) groups is 2. The van der Waals surface area contributed by atoms with Crippen molar-refractivity contribution in [2.24, 2.45) is 10.8 Å². The lowest BCUT2D eigenvalue weighted by molar-refractivity contribution is -0.164. The highest BCUT2D eigenvalue weighted by molar-refractivity contribution is 6.76. The normalized spacial score (nSPS) is 15.0. The van der Waals surface area contributed by atoms with Crippen LogP contribution in [0.15, 0.2) is 61.4 Å². The van der Waals surface area contributed by atoms with Gasteiger partial charge in [-0.3, -0.25) is 9.59 Å². The van der Waals surface area contributed by atoms with Gasteiger partial charge in [-0.2, -0.15) is 26.3 Å². The molecular formula is C56H68F8N8O8Si2. The fourth-order valence-electron chi connectivity index (χ4n) is 8.83. The van der Waals surface area contributed by atoms with Crippen LogP contribution in [0.2, 0.25) is 51.4 Å². The maximum absolute atomic E-state index is 15.4. The molecule has 1 N–H and O–H groups in total. The molecule has 6 heterocycles. The summed E-state index contributed by atoms with van der Waals surface area (Å²) in [6.07, 6.45) is 2.07. The first-order chi connectivity index (χ1) is 38.4. The van der Waals surface area contributed by atoms with Gasteiger partial charge in [0.15, 0.2) is 34.7 Å². The first-order valence-corrected chi connectivity index (χ1v) is 34.2. The Labute approximate surface area is 472 Å². The molecule has 0 unspecified atom stereocenters. The Morgan fingerprint density at radius 3 is 1.34 bits per heavy atom. The van der Waals surface area contributed by atoms with Crippen molar-refractivity contribution in [3.8, 4) is 57.1 Å². The maximum Gasteiger partial charge on any atom is 0.434 e. The number of hydrogen-bond acceptors (Lipinski definition) is 13. The molecule has 6 aromatic rings. The SMILES string of the molecule is CCOC(=O)C1(COc2cc(C)c(-c3cnc(-c4nc(C(F)(F)F)cn4COCC[Si](C)(C)C)c(F)c3)cn2)CCC1.Cc1cc(OCC2(C(=O)O)CCC2)ncc1-c1cnc(-c2nc(C(F)(F)F)cn2COCC[Si](C)(C)C)c(F)c1. The van der Waals surface area contributed by atoms with Crippen molar-refractivity contribution < 1.29 is 73.5 Å². The number of alkyl halides is 6. The molecule has 0 aliphatic heterocycles. The van der Waals surface area contributed by atoms with Crippen LogP contribution in [0.3, 0.4) is 0 Å². The van der Waals surface area contributed by atoms with Crippen LogP contribution in [0.25, 0.3) is 45.3 Å². The zero-order valence-corrected chi connectivity index (χ0v) is 49.3. The molecule has 16 nitrogen and oxygen atoms in total. The number of esters is 1. The fourth-order valence-corrected chi connectivity index (χ4v) is 10.3. The highest BCUT2D eigenvalue weighted by Crippen LogP contribution is 2.44. The summed E-state index contributed by atoms with van der Waals surface area (Å²) in [5.74, 6) is -2.86. The Morgan fingerprint density at radius 1 is 0.622 bits per heavy atom. The third kappa shape index (κ3) is 15.7. The maximum atomic E-state index is 15.4. The molecule has 2 aliphatic rings. The number of halogens is 8. The summed E-state index contributed by atoms with van der Waals surface area (Å²) in [6.45, 7) is 19.0. The van der Waals surface area contributed by atoms with Gasteiger partial charge in [-0.25, -0.2) is 38.7 Å². The van der Waals surface area contributed by atoms with Gasteiger partial charge in [-0.1, -0.05) is 52.1 Å². The number of imidazole rings is 2. The molecule has 0 aromatic carbocycles. The molecule has 0 amide bonds. The predicted octanol–water partition coefficient (Wildman–Crippen LogP) is 13.3. The average Bonchev–Trinajstić information content (AvgIpc) is 3.99. The van der Waals surface area contributed by atoms with Gasteiger partial charge in [-0.05, 0) is 81.8 Å². The van der Waals surface area contributed by atoms with Crippen LogP contribution >= 0.6 is 0 Å². The molecule has 8 rings (SSSR count). The van der Waals surface area contributed by atoms with E-state index in [-0.39, 0.29) is 61.6 Å². The van der Waals surface area contributed by atoms with E-state index in [9.17, 15) is 41.0 Å². The van der Waals surface area contributed by atoms with Gasteiger partial charge >= 0.3 is 24.3 Å². The second-order valence-electron chi connectivity index (χ2n) is 23.2. The second kappa shape index (κ2) is 25.5. The van der Waals surface area contributed by atoms with Crippen LogP contribution in [0.4, 0.5) is 35.1 Å². The predicted molar refractivity (Wildman–Crippen MR) is 293 cm³/mol. The molecule has 26 heteroatoms. The minimum Gasteiger partial charge on any atom is -0.481 e. The molecule has 2 saturated carbocycles. The Balaban J connectivity index is 0.000000236. The number of aliphatic carboxylic acids is 1. The van der Waals surface area contributed by atoms with Crippen LogP contribution < -0.4 is 9.47 Å². The Morgan fingerprint density at radius 2 is 1.02 bits per heavy atom. The summed E-state index contributed by atoms with van der Waals surface area (Å²) in [7, 11) is -2.82. The van der Waals surface area contributed by atoms with E-state index in [1.165, 1.54) is 36.9 Å². The molecule has 0 radical (unpaired) electrons. The van der Waals surface area contributed by atoms with Gasteiger partial charge in [0, 0.05) is 101 Å². The number of aryl methyl sites for hydroxylation is 2. The smallest absolute Gasteiger partial charge is 0.434 e. The van der Waals surface area contributed by atoms with E-state index in [0.717, 1.165) is 46.5 Å². The number of carboxylic acid groups (broad SMARTS) is 1. The van der Waals surface area contributed by atoms with Gasteiger partial charge in [0.25, 0.3) is 0 Å². The minimum atomic E-state index is -4.72. The fraction of sp³-hybridized carbons (Fsp3) is 0.500. The Bertz CT molecular complexity index is 3220. The van der Waals surface area contributed by atoms with Crippen LogP contribution in [-0.4, -0.2) is 105 Å². The van der Waals surface area contributed by atoms with Gasteiger partial charge in [-0.15, -0.1) is 0 Å². The van der Waals surface area contributed by atoms with E-state index >= 15 is 8.78 Å². The summed E-state index contributed by atoms with van der Waals surface area (Å²) >= 11 is 0. The molecule has 0 spiro atoms. The summed E-state index contributed by atoms with van der Waals surface area (Å²) < 4.78 is 141. The topological polar surface area (TPSA) is 188 Å². The highest BCUT2D eigenvalue weighted by atomic mass is 28.3. The monoisotopic (exact) mass is 1190 g/mol. The van der Waals surface area contributed by atoms with Crippen molar-refractivity contribution in [2.45, 2.75) is 136 Å². The van der Waals surface area contributed by atoms with Crippen LogP contribution in [0.5, 0.6) is 11.8 Å². The van der Waals surface area contributed by atoms with E-state index < -0.39 is 68.3 Å². The quantitative estimate of drug-likeness (QED) is 0.0276. The number of aromatic nitrogens is 8. The van der Waals surface area contributed by atoms with E-state index in [1.807, 2.05) is 0 Å². The first-order valence-electron chi connectivity index (χ1n) is 26.8. The molecule has 0 saturated heterocycles. The van der Waals surface area contributed by atoms with Gasteiger partial charge in [0.2, 0.25) is 11.8 Å². The van der Waals surface area contributed by atoms with E-state index in [1.54, 1.807) is 32.9 Å². The zero-order valence-electron chi connectivity index (χ0n) is 47.3. The molecule has 0 atom stereocenters. The lowest BCUT2D eigenvalue weighted by atomic mass is 9.69. The summed E-state index contributed by atoms with van der Waals surface area (Å²) in [5.41, 5.74) is -1.29. The molecule has 2 aliphatic carbocycles. The molecule has 0 bridgehead atoms. The van der Waals surface area contributed by atoms with E-state index in [4.69, 9.17) is 23.7 Å².